The molecule has 2 N–H and O–H groups in total. The fraction of sp³-hybridized carbons (Fsp3) is 0.0909. The first-order valence-corrected chi connectivity index (χ1v) is 8.77. The number of carbonyl (C=O) groups excluding carboxylic acids is 1. The van der Waals surface area contributed by atoms with Gasteiger partial charge in [-0.3, -0.25) is 14.7 Å². The third-order valence-electron chi connectivity index (χ3n) is 4.69. The van der Waals surface area contributed by atoms with E-state index in [0.717, 1.165) is 27.6 Å². The number of fused-ring (bicyclic) bond motifs is 1. The third-order valence-corrected chi connectivity index (χ3v) is 4.69. The first kappa shape index (κ1) is 17.0. The largest absolute Gasteiger partial charge is 0.289 e. The van der Waals surface area contributed by atoms with Gasteiger partial charge >= 0.3 is 0 Å². The fourth-order valence-corrected chi connectivity index (χ4v) is 3.30. The second-order valence-electron chi connectivity index (χ2n) is 6.41. The van der Waals surface area contributed by atoms with Gasteiger partial charge in [0.2, 0.25) is 0 Å². The Labute approximate surface area is 156 Å². The highest BCUT2D eigenvalue weighted by molar-refractivity contribution is 5.87. The van der Waals surface area contributed by atoms with Gasteiger partial charge < -0.3 is 0 Å². The van der Waals surface area contributed by atoms with Crippen molar-refractivity contribution < 1.29 is 10.0 Å². The van der Waals surface area contributed by atoms with E-state index in [2.05, 4.69) is 5.10 Å². The van der Waals surface area contributed by atoms with Gasteiger partial charge in [0, 0.05) is 11.8 Å². The SMILES string of the molecule is O=C(NO)C(Cc1ccccc1)n1ncc2ccc(-c3ccccc3)cc21. The highest BCUT2D eigenvalue weighted by Gasteiger charge is 2.23. The summed E-state index contributed by atoms with van der Waals surface area (Å²) in [5, 5.41) is 14.6. The van der Waals surface area contributed by atoms with Crippen LogP contribution >= 0.6 is 0 Å². The van der Waals surface area contributed by atoms with Crippen LogP contribution in [0.2, 0.25) is 0 Å². The second kappa shape index (κ2) is 7.43. The minimum absolute atomic E-state index is 0.430. The van der Waals surface area contributed by atoms with E-state index in [1.54, 1.807) is 16.4 Å². The van der Waals surface area contributed by atoms with E-state index in [4.69, 9.17) is 0 Å². The zero-order chi connectivity index (χ0) is 18.6. The van der Waals surface area contributed by atoms with Crippen LogP contribution in [0, 0.1) is 0 Å². The van der Waals surface area contributed by atoms with Gasteiger partial charge in [-0.15, -0.1) is 0 Å². The van der Waals surface area contributed by atoms with Crippen molar-refractivity contribution in [2.75, 3.05) is 0 Å². The molecule has 27 heavy (non-hydrogen) atoms. The van der Waals surface area contributed by atoms with Crippen LogP contribution in [0.25, 0.3) is 22.0 Å². The summed E-state index contributed by atoms with van der Waals surface area (Å²) in [5.41, 5.74) is 5.77. The van der Waals surface area contributed by atoms with Crippen LogP contribution in [0.1, 0.15) is 11.6 Å². The average molecular weight is 357 g/mol. The molecule has 1 aromatic heterocycles. The Bertz CT molecular complexity index is 1060. The molecule has 0 bridgehead atoms. The van der Waals surface area contributed by atoms with Crippen LogP contribution in [-0.2, 0) is 11.2 Å². The molecule has 0 aliphatic rings. The number of carbonyl (C=O) groups is 1. The molecule has 0 aliphatic heterocycles. The molecule has 1 heterocycles. The number of aromatic nitrogens is 2. The highest BCUT2D eigenvalue weighted by Crippen LogP contribution is 2.27. The first-order valence-electron chi connectivity index (χ1n) is 8.77. The number of nitrogens with zero attached hydrogens (tertiary/aromatic N) is 2. The molecule has 1 atom stereocenters. The van der Waals surface area contributed by atoms with Gasteiger partial charge in [-0.1, -0.05) is 72.8 Å². The average Bonchev–Trinajstić information content (AvgIpc) is 3.16. The van der Waals surface area contributed by atoms with E-state index in [0.29, 0.717) is 6.42 Å². The van der Waals surface area contributed by atoms with Crippen LogP contribution in [0.3, 0.4) is 0 Å². The normalized spacial score (nSPS) is 12.0. The maximum Gasteiger partial charge on any atom is 0.268 e. The summed E-state index contributed by atoms with van der Waals surface area (Å²) in [7, 11) is 0. The van der Waals surface area contributed by atoms with Gasteiger partial charge in [0.05, 0.1) is 11.7 Å². The van der Waals surface area contributed by atoms with Gasteiger partial charge in [0.25, 0.3) is 5.91 Å². The zero-order valence-electron chi connectivity index (χ0n) is 14.6. The minimum Gasteiger partial charge on any atom is -0.289 e. The van der Waals surface area contributed by atoms with Crippen molar-refractivity contribution in [3.63, 3.8) is 0 Å². The van der Waals surface area contributed by atoms with Crippen molar-refractivity contribution in [1.29, 1.82) is 0 Å². The van der Waals surface area contributed by atoms with Crippen molar-refractivity contribution in [3.05, 3.63) is 90.6 Å². The quantitative estimate of drug-likeness (QED) is 0.419. The molecule has 1 amide bonds. The zero-order valence-corrected chi connectivity index (χ0v) is 14.6. The van der Waals surface area contributed by atoms with Crippen LogP contribution < -0.4 is 5.48 Å². The molecule has 0 aliphatic carbocycles. The monoisotopic (exact) mass is 357 g/mol. The molecular weight excluding hydrogens is 338 g/mol. The van der Waals surface area contributed by atoms with Crippen LogP contribution in [0.15, 0.2) is 85.1 Å². The molecule has 3 aromatic carbocycles. The van der Waals surface area contributed by atoms with Crippen molar-refractivity contribution in [1.82, 2.24) is 15.3 Å². The molecule has 0 saturated heterocycles. The van der Waals surface area contributed by atoms with E-state index in [9.17, 15) is 10.0 Å². The number of nitrogens with one attached hydrogen (secondary N) is 1. The van der Waals surface area contributed by atoms with Gasteiger partial charge in [0.1, 0.15) is 6.04 Å². The number of benzene rings is 3. The number of amides is 1. The minimum atomic E-state index is -0.652. The fourth-order valence-electron chi connectivity index (χ4n) is 3.30. The topological polar surface area (TPSA) is 67.2 Å². The Balaban J connectivity index is 1.78. The Hall–Kier alpha value is -3.44. The molecule has 4 rings (SSSR count). The lowest BCUT2D eigenvalue weighted by Gasteiger charge is -2.17. The van der Waals surface area contributed by atoms with Crippen LogP contribution in [0.5, 0.6) is 0 Å². The summed E-state index contributed by atoms with van der Waals surface area (Å²) in [4.78, 5) is 12.4. The van der Waals surface area contributed by atoms with E-state index < -0.39 is 11.9 Å². The summed E-state index contributed by atoms with van der Waals surface area (Å²) >= 11 is 0. The number of rotatable bonds is 5. The predicted octanol–water partition coefficient (Wildman–Crippen LogP) is 3.99. The van der Waals surface area contributed by atoms with Crippen LogP contribution in [0.4, 0.5) is 0 Å². The lowest BCUT2D eigenvalue weighted by atomic mass is 10.0. The molecule has 0 radical (unpaired) electrons. The number of hydroxylamine groups is 1. The Kier molecular flexibility index (Phi) is 4.68. The summed E-state index contributed by atoms with van der Waals surface area (Å²) in [6.45, 7) is 0. The smallest absolute Gasteiger partial charge is 0.268 e. The van der Waals surface area contributed by atoms with Gasteiger partial charge in [-0.05, 0) is 22.8 Å². The molecule has 5 heteroatoms. The first-order chi connectivity index (χ1) is 13.3. The van der Waals surface area contributed by atoms with E-state index in [1.807, 2.05) is 78.9 Å². The van der Waals surface area contributed by atoms with Crippen molar-refractivity contribution >= 4 is 16.8 Å². The van der Waals surface area contributed by atoms with E-state index in [-0.39, 0.29) is 0 Å². The Morgan fingerprint density at radius 1 is 0.963 bits per heavy atom. The molecular formula is C22H19N3O2. The number of hydrogen-bond acceptors (Lipinski definition) is 3. The van der Waals surface area contributed by atoms with Crippen molar-refractivity contribution in [2.45, 2.75) is 12.5 Å². The number of hydrogen-bond donors (Lipinski definition) is 2. The molecule has 1 unspecified atom stereocenters. The standard InChI is InChI=1S/C22H19N3O2/c26-22(24-27)21(13-16-7-3-1-4-8-16)25-20-14-18(11-12-19(20)15-23-25)17-9-5-2-6-10-17/h1-12,14-15,21,27H,13H2,(H,24,26). The lowest BCUT2D eigenvalue weighted by molar-refractivity contribution is -0.132. The van der Waals surface area contributed by atoms with Crippen LogP contribution in [-0.4, -0.2) is 20.9 Å². The second-order valence-corrected chi connectivity index (χ2v) is 6.41. The molecule has 134 valence electrons. The summed E-state index contributed by atoms with van der Waals surface area (Å²) in [6.07, 6.45) is 2.17. The Morgan fingerprint density at radius 3 is 2.37 bits per heavy atom. The van der Waals surface area contributed by atoms with Crippen molar-refractivity contribution in [3.8, 4) is 11.1 Å². The maximum absolute atomic E-state index is 12.4. The molecule has 0 fully saturated rings. The molecule has 5 nitrogen and oxygen atoms in total. The van der Waals surface area contributed by atoms with Gasteiger partial charge in [-0.25, -0.2) is 5.48 Å². The van der Waals surface area contributed by atoms with Gasteiger partial charge in [0.15, 0.2) is 0 Å². The highest BCUT2D eigenvalue weighted by atomic mass is 16.5. The third kappa shape index (κ3) is 3.45. The predicted molar refractivity (Wildman–Crippen MR) is 104 cm³/mol. The lowest BCUT2D eigenvalue weighted by Crippen LogP contribution is -2.32. The van der Waals surface area contributed by atoms with E-state index >= 15 is 0 Å². The summed E-state index contributed by atoms with van der Waals surface area (Å²) < 4.78 is 1.68. The molecule has 0 saturated carbocycles. The van der Waals surface area contributed by atoms with Crippen molar-refractivity contribution in [2.24, 2.45) is 0 Å². The van der Waals surface area contributed by atoms with Gasteiger partial charge in [-0.2, -0.15) is 5.10 Å². The summed E-state index contributed by atoms with van der Waals surface area (Å²) in [6, 6.07) is 25.2. The maximum atomic E-state index is 12.4. The molecule has 4 aromatic rings. The van der Waals surface area contributed by atoms with E-state index in [1.165, 1.54) is 0 Å². The summed E-state index contributed by atoms with van der Waals surface area (Å²) in [5.74, 6) is -0.492. The Morgan fingerprint density at radius 2 is 1.67 bits per heavy atom. The molecule has 0 spiro atoms.